The Labute approximate surface area is 144 Å². The second-order valence-electron chi connectivity index (χ2n) is 5.24. The van der Waals surface area contributed by atoms with Crippen LogP contribution in [0.2, 0.25) is 0 Å². The molecule has 130 valence electrons. The summed E-state index contributed by atoms with van der Waals surface area (Å²) in [6, 6.07) is 11.1. The van der Waals surface area contributed by atoms with E-state index in [1.54, 1.807) is 13.2 Å². The van der Waals surface area contributed by atoms with Crippen LogP contribution in [0.25, 0.3) is 21.7 Å². The third-order valence-electron chi connectivity index (χ3n) is 3.62. The fraction of sp³-hybridized carbons (Fsp3) is 0.381. The summed E-state index contributed by atoms with van der Waals surface area (Å²) in [7, 11) is 1.65. The molecule has 1 aromatic heterocycles. The first kappa shape index (κ1) is 19.9. The predicted molar refractivity (Wildman–Crippen MR) is 101 cm³/mol. The minimum Gasteiger partial charge on any atom is -0.497 e. The van der Waals surface area contributed by atoms with E-state index in [9.17, 15) is 4.39 Å². The number of halogens is 1. The molecular formula is C21H29FNO+. The van der Waals surface area contributed by atoms with Gasteiger partial charge in [-0.3, -0.25) is 0 Å². The van der Waals surface area contributed by atoms with Crippen molar-refractivity contribution in [3.63, 3.8) is 0 Å². The summed E-state index contributed by atoms with van der Waals surface area (Å²) in [5.41, 5.74) is 1.04. The molecule has 3 rings (SSSR count). The Bertz CT molecular complexity index is 797. The Morgan fingerprint density at radius 2 is 1.58 bits per heavy atom. The van der Waals surface area contributed by atoms with E-state index in [1.165, 1.54) is 6.07 Å². The normalized spacial score (nSPS) is 10.0. The van der Waals surface area contributed by atoms with Crippen LogP contribution < -0.4 is 9.30 Å². The van der Waals surface area contributed by atoms with E-state index in [0.29, 0.717) is 6.04 Å². The molecule has 0 bridgehead atoms. The highest BCUT2D eigenvalue weighted by atomic mass is 19.1. The van der Waals surface area contributed by atoms with Crippen molar-refractivity contribution in [1.29, 1.82) is 0 Å². The largest absolute Gasteiger partial charge is 0.497 e. The molecule has 2 nitrogen and oxygen atoms in total. The molecule has 0 saturated carbocycles. The highest BCUT2D eigenvalue weighted by molar-refractivity contribution is 6.04. The van der Waals surface area contributed by atoms with Crippen molar-refractivity contribution in [1.82, 2.24) is 0 Å². The van der Waals surface area contributed by atoms with Crippen LogP contribution >= 0.6 is 0 Å². The molecule has 2 aromatic carbocycles. The summed E-state index contributed by atoms with van der Waals surface area (Å²) in [6.07, 6.45) is 2.10. The number of nitrogens with zero attached hydrogens (tertiary/aromatic N) is 1. The van der Waals surface area contributed by atoms with Crippen molar-refractivity contribution in [2.75, 3.05) is 7.11 Å². The molecular weight excluding hydrogens is 301 g/mol. The summed E-state index contributed by atoms with van der Waals surface area (Å²) < 4.78 is 21.0. The third kappa shape index (κ3) is 4.02. The molecule has 0 aliphatic rings. The molecule has 0 amide bonds. The Morgan fingerprint density at radius 1 is 0.917 bits per heavy atom. The van der Waals surface area contributed by atoms with Crippen LogP contribution in [0.15, 0.2) is 42.6 Å². The molecule has 0 radical (unpaired) electrons. The summed E-state index contributed by atoms with van der Waals surface area (Å²) >= 11 is 0. The van der Waals surface area contributed by atoms with Crippen molar-refractivity contribution in [2.24, 2.45) is 0 Å². The molecule has 0 aliphatic heterocycles. The summed E-state index contributed by atoms with van der Waals surface area (Å²) in [5, 5.41) is 3.02. The number of fused-ring (bicyclic) bond motifs is 3. The van der Waals surface area contributed by atoms with Gasteiger partial charge in [-0.25, -0.2) is 4.39 Å². The van der Waals surface area contributed by atoms with Crippen molar-refractivity contribution in [3.05, 3.63) is 48.4 Å². The lowest BCUT2D eigenvalue weighted by Crippen LogP contribution is -2.36. The average molecular weight is 330 g/mol. The molecule has 3 aromatic rings. The lowest BCUT2D eigenvalue weighted by molar-refractivity contribution is -0.690. The van der Waals surface area contributed by atoms with E-state index >= 15 is 0 Å². The van der Waals surface area contributed by atoms with E-state index in [-0.39, 0.29) is 5.82 Å². The number of benzene rings is 2. The number of hydrogen-bond acceptors (Lipinski definition) is 1. The van der Waals surface area contributed by atoms with Crippen molar-refractivity contribution in [3.8, 4) is 5.75 Å². The molecule has 24 heavy (non-hydrogen) atoms. The molecule has 1 heterocycles. The van der Waals surface area contributed by atoms with Gasteiger partial charge in [-0.15, -0.1) is 0 Å². The molecule has 0 unspecified atom stereocenters. The van der Waals surface area contributed by atoms with Crippen LogP contribution in [0.4, 0.5) is 4.39 Å². The van der Waals surface area contributed by atoms with E-state index in [4.69, 9.17) is 4.74 Å². The predicted octanol–water partition coefficient (Wildman–Crippen LogP) is 6.06. The number of ether oxygens (including phenoxy) is 1. The van der Waals surface area contributed by atoms with Gasteiger partial charge < -0.3 is 4.74 Å². The van der Waals surface area contributed by atoms with Crippen LogP contribution in [-0.4, -0.2) is 7.11 Å². The van der Waals surface area contributed by atoms with E-state index in [0.717, 1.165) is 27.4 Å². The number of aromatic nitrogens is 1. The van der Waals surface area contributed by atoms with Crippen molar-refractivity contribution < 1.29 is 13.7 Å². The second-order valence-corrected chi connectivity index (χ2v) is 5.24. The van der Waals surface area contributed by atoms with Gasteiger partial charge in [0.25, 0.3) is 0 Å². The van der Waals surface area contributed by atoms with Crippen molar-refractivity contribution >= 4 is 21.7 Å². The Morgan fingerprint density at radius 3 is 2.17 bits per heavy atom. The molecule has 0 spiro atoms. The maximum atomic E-state index is 13.6. The summed E-state index contributed by atoms with van der Waals surface area (Å²) in [4.78, 5) is 0. The Kier molecular flexibility index (Phi) is 7.63. The SMILES string of the molecule is CC.CC.COc1ccc2c(c1)c[n+](C(C)C)c1ccc(F)cc21. The zero-order chi connectivity index (χ0) is 18.3. The molecule has 0 aliphatic carbocycles. The first-order valence-corrected chi connectivity index (χ1v) is 8.71. The Hall–Kier alpha value is -2.16. The van der Waals surface area contributed by atoms with Gasteiger partial charge in [-0.1, -0.05) is 27.7 Å². The molecule has 0 atom stereocenters. The van der Waals surface area contributed by atoms with Crippen LogP contribution in [-0.2, 0) is 0 Å². The smallest absolute Gasteiger partial charge is 0.213 e. The van der Waals surface area contributed by atoms with Gasteiger partial charge in [0.1, 0.15) is 11.6 Å². The highest BCUT2D eigenvalue weighted by Gasteiger charge is 2.17. The standard InChI is InChI=1S/C17H17FNO.2C2H6/c1-11(2)19-10-12-8-14(20-3)5-6-15(12)16-9-13(18)4-7-17(16)19;2*1-2/h4-11H,1-3H3;2*1-2H3/q+1;;. The topological polar surface area (TPSA) is 13.1 Å². The van der Waals surface area contributed by atoms with E-state index in [1.807, 2.05) is 52.0 Å². The zero-order valence-corrected chi connectivity index (χ0v) is 15.9. The molecule has 0 fully saturated rings. The van der Waals surface area contributed by atoms with Crippen LogP contribution in [0.1, 0.15) is 47.6 Å². The first-order valence-electron chi connectivity index (χ1n) is 8.71. The number of methoxy groups -OCH3 is 1. The molecule has 0 saturated heterocycles. The van der Waals surface area contributed by atoms with Crippen LogP contribution in [0.3, 0.4) is 0 Å². The van der Waals surface area contributed by atoms with Crippen LogP contribution in [0, 0.1) is 5.82 Å². The number of pyridine rings is 1. The third-order valence-corrected chi connectivity index (χ3v) is 3.62. The van der Waals surface area contributed by atoms with Gasteiger partial charge >= 0.3 is 0 Å². The number of rotatable bonds is 2. The zero-order valence-electron chi connectivity index (χ0n) is 15.9. The maximum Gasteiger partial charge on any atom is 0.213 e. The maximum absolute atomic E-state index is 13.6. The summed E-state index contributed by atoms with van der Waals surface area (Å²) in [5.74, 6) is 0.597. The lowest BCUT2D eigenvalue weighted by Gasteiger charge is -2.09. The lowest BCUT2D eigenvalue weighted by atomic mass is 10.1. The average Bonchev–Trinajstić information content (AvgIpc) is 2.63. The van der Waals surface area contributed by atoms with Gasteiger partial charge in [0.05, 0.1) is 17.9 Å². The van der Waals surface area contributed by atoms with Gasteiger partial charge in [-0.2, -0.15) is 4.57 Å². The highest BCUT2D eigenvalue weighted by Crippen LogP contribution is 2.27. The first-order chi connectivity index (χ1) is 11.6. The van der Waals surface area contributed by atoms with Gasteiger partial charge in [-0.05, 0) is 44.2 Å². The fourth-order valence-corrected chi connectivity index (χ4v) is 2.62. The van der Waals surface area contributed by atoms with E-state index in [2.05, 4.69) is 24.6 Å². The van der Waals surface area contributed by atoms with Gasteiger partial charge in [0, 0.05) is 11.5 Å². The minimum atomic E-state index is -0.212. The van der Waals surface area contributed by atoms with Crippen LogP contribution in [0.5, 0.6) is 5.75 Å². The monoisotopic (exact) mass is 330 g/mol. The Balaban J connectivity index is 0.000000671. The van der Waals surface area contributed by atoms with Gasteiger partial charge in [0.2, 0.25) is 5.52 Å². The minimum absolute atomic E-state index is 0.212. The number of hydrogen-bond donors (Lipinski definition) is 0. The molecule has 0 N–H and O–H groups in total. The molecule has 3 heteroatoms. The quantitative estimate of drug-likeness (QED) is 0.411. The van der Waals surface area contributed by atoms with Crippen molar-refractivity contribution in [2.45, 2.75) is 47.6 Å². The fourth-order valence-electron chi connectivity index (χ4n) is 2.62. The second kappa shape index (κ2) is 9.21. The van der Waals surface area contributed by atoms with E-state index < -0.39 is 0 Å². The summed E-state index contributed by atoms with van der Waals surface area (Å²) in [6.45, 7) is 12.2. The van der Waals surface area contributed by atoms with Gasteiger partial charge in [0.15, 0.2) is 12.2 Å².